The Bertz CT molecular complexity index is 742. The van der Waals surface area contributed by atoms with Crippen LogP contribution < -0.4 is 5.73 Å². The van der Waals surface area contributed by atoms with Crippen LogP contribution in [0.5, 0.6) is 0 Å². The summed E-state index contributed by atoms with van der Waals surface area (Å²) in [7, 11) is 0. The fourth-order valence-corrected chi connectivity index (χ4v) is 3.34. The zero-order valence-electron chi connectivity index (χ0n) is 10.7. The molecule has 0 saturated heterocycles. The van der Waals surface area contributed by atoms with E-state index in [9.17, 15) is 0 Å². The predicted octanol–water partition coefficient (Wildman–Crippen LogP) is 4.58. The standard InChI is InChI=1S/C14H14ClN3S/c1-8(2)18-12-9(15)4-3-5-11(12)17-14(18)13-10(16)6-7-19-13/h3-8H,16H2,1-2H3. The van der Waals surface area contributed by atoms with Crippen LogP contribution in [-0.4, -0.2) is 9.55 Å². The van der Waals surface area contributed by atoms with Crippen molar-refractivity contribution >= 4 is 39.7 Å². The molecule has 0 radical (unpaired) electrons. The van der Waals surface area contributed by atoms with Crippen molar-refractivity contribution in [3.8, 4) is 10.7 Å². The van der Waals surface area contributed by atoms with Crippen molar-refractivity contribution < 1.29 is 0 Å². The summed E-state index contributed by atoms with van der Waals surface area (Å²) in [5, 5.41) is 2.70. The van der Waals surface area contributed by atoms with Crippen LogP contribution in [0.3, 0.4) is 0 Å². The minimum Gasteiger partial charge on any atom is -0.397 e. The molecule has 0 saturated carbocycles. The third-order valence-electron chi connectivity index (χ3n) is 3.08. The Labute approximate surface area is 120 Å². The van der Waals surface area contributed by atoms with E-state index in [1.54, 1.807) is 11.3 Å². The van der Waals surface area contributed by atoms with Crippen LogP contribution in [0.25, 0.3) is 21.7 Å². The Morgan fingerprint density at radius 3 is 2.74 bits per heavy atom. The molecule has 3 nitrogen and oxygen atoms in total. The van der Waals surface area contributed by atoms with E-state index in [2.05, 4.69) is 18.4 Å². The maximum atomic E-state index is 6.33. The molecule has 0 fully saturated rings. The van der Waals surface area contributed by atoms with Crippen molar-refractivity contribution in [1.29, 1.82) is 0 Å². The molecule has 0 unspecified atom stereocenters. The Balaban J connectivity index is 2.40. The van der Waals surface area contributed by atoms with Crippen molar-refractivity contribution in [1.82, 2.24) is 9.55 Å². The Hall–Kier alpha value is -1.52. The Morgan fingerprint density at radius 2 is 2.11 bits per heavy atom. The molecule has 2 heterocycles. The molecular formula is C14H14ClN3S. The van der Waals surface area contributed by atoms with Gasteiger partial charge in [0.1, 0.15) is 0 Å². The van der Waals surface area contributed by atoms with Gasteiger partial charge in [0.15, 0.2) is 5.82 Å². The normalized spacial score (nSPS) is 11.6. The second-order valence-electron chi connectivity index (χ2n) is 4.71. The summed E-state index contributed by atoms with van der Waals surface area (Å²) in [6.07, 6.45) is 0. The van der Waals surface area contributed by atoms with Gasteiger partial charge in [-0.05, 0) is 37.4 Å². The average molecular weight is 292 g/mol. The molecular weight excluding hydrogens is 278 g/mol. The molecule has 5 heteroatoms. The molecule has 0 amide bonds. The minimum atomic E-state index is 0.265. The number of fused-ring (bicyclic) bond motifs is 1. The fraction of sp³-hybridized carbons (Fsp3) is 0.214. The van der Waals surface area contributed by atoms with Crippen molar-refractivity contribution in [3.63, 3.8) is 0 Å². The first-order valence-corrected chi connectivity index (χ1v) is 7.35. The van der Waals surface area contributed by atoms with Gasteiger partial charge in [-0.2, -0.15) is 0 Å². The molecule has 3 rings (SSSR count). The van der Waals surface area contributed by atoms with Crippen molar-refractivity contribution in [2.24, 2.45) is 0 Å². The molecule has 1 aromatic carbocycles. The molecule has 0 aliphatic carbocycles. The average Bonchev–Trinajstić information content (AvgIpc) is 2.92. The highest BCUT2D eigenvalue weighted by molar-refractivity contribution is 7.14. The van der Waals surface area contributed by atoms with Crippen LogP contribution in [0.15, 0.2) is 29.6 Å². The molecule has 0 bridgehead atoms. The Morgan fingerprint density at radius 1 is 1.32 bits per heavy atom. The lowest BCUT2D eigenvalue weighted by Gasteiger charge is -2.13. The predicted molar refractivity (Wildman–Crippen MR) is 82.9 cm³/mol. The highest BCUT2D eigenvalue weighted by Crippen LogP contribution is 2.37. The third-order valence-corrected chi connectivity index (χ3v) is 4.31. The van der Waals surface area contributed by atoms with Gasteiger partial charge in [0.05, 0.1) is 26.6 Å². The van der Waals surface area contributed by atoms with Gasteiger partial charge in [0.2, 0.25) is 0 Å². The summed E-state index contributed by atoms with van der Waals surface area (Å²) in [4.78, 5) is 5.71. The second kappa shape index (κ2) is 4.54. The summed E-state index contributed by atoms with van der Waals surface area (Å²) in [6.45, 7) is 4.25. The summed E-state index contributed by atoms with van der Waals surface area (Å²) < 4.78 is 2.15. The lowest BCUT2D eigenvalue weighted by Crippen LogP contribution is -2.03. The van der Waals surface area contributed by atoms with E-state index in [1.165, 1.54) is 0 Å². The number of halogens is 1. The number of nitrogen functional groups attached to an aromatic ring is 1. The number of thiophene rings is 1. The first-order valence-electron chi connectivity index (χ1n) is 6.09. The Kier molecular flexibility index (Phi) is 2.99. The van der Waals surface area contributed by atoms with E-state index < -0.39 is 0 Å². The van der Waals surface area contributed by atoms with Gasteiger partial charge in [-0.3, -0.25) is 0 Å². The van der Waals surface area contributed by atoms with E-state index in [-0.39, 0.29) is 6.04 Å². The number of rotatable bonds is 2. The molecule has 0 aliphatic heterocycles. The molecule has 2 N–H and O–H groups in total. The number of anilines is 1. The van der Waals surface area contributed by atoms with E-state index in [0.29, 0.717) is 0 Å². The number of imidazole rings is 1. The quantitative estimate of drug-likeness (QED) is 0.751. The lowest BCUT2D eigenvalue weighted by molar-refractivity contribution is 0.625. The van der Waals surface area contributed by atoms with Crippen LogP contribution in [-0.2, 0) is 0 Å². The number of nitrogens with zero attached hydrogens (tertiary/aromatic N) is 2. The lowest BCUT2D eigenvalue weighted by atomic mass is 10.3. The van der Waals surface area contributed by atoms with E-state index in [0.717, 1.165) is 32.4 Å². The maximum Gasteiger partial charge on any atom is 0.153 e. The number of hydrogen-bond donors (Lipinski definition) is 1. The number of hydrogen-bond acceptors (Lipinski definition) is 3. The molecule has 2 aromatic heterocycles. The maximum absolute atomic E-state index is 6.33. The van der Waals surface area contributed by atoms with Gasteiger partial charge in [0, 0.05) is 6.04 Å². The molecule has 0 aliphatic rings. The summed E-state index contributed by atoms with van der Waals surface area (Å²) >= 11 is 7.94. The highest BCUT2D eigenvalue weighted by Gasteiger charge is 2.19. The molecule has 98 valence electrons. The number of nitrogens with two attached hydrogens (primary N) is 1. The number of para-hydroxylation sites is 1. The van der Waals surface area contributed by atoms with Crippen molar-refractivity contribution in [3.05, 3.63) is 34.7 Å². The number of benzene rings is 1. The van der Waals surface area contributed by atoms with E-state index in [1.807, 2.05) is 29.6 Å². The topological polar surface area (TPSA) is 43.8 Å². The first-order chi connectivity index (χ1) is 9.09. The summed E-state index contributed by atoms with van der Waals surface area (Å²) in [6, 6.07) is 7.97. The first kappa shape index (κ1) is 12.5. The van der Waals surface area contributed by atoms with Crippen LogP contribution >= 0.6 is 22.9 Å². The SMILES string of the molecule is CC(C)n1c(-c2sccc2N)nc2cccc(Cl)c21. The van der Waals surface area contributed by atoms with Gasteiger partial charge < -0.3 is 10.3 Å². The number of aromatic nitrogens is 2. The van der Waals surface area contributed by atoms with Gasteiger partial charge in [-0.15, -0.1) is 11.3 Å². The third kappa shape index (κ3) is 1.91. The van der Waals surface area contributed by atoms with Gasteiger partial charge >= 0.3 is 0 Å². The minimum absolute atomic E-state index is 0.265. The van der Waals surface area contributed by atoms with Crippen LogP contribution in [0.2, 0.25) is 5.02 Å². The molecule has 0 atom stereocenters. The van der Waals surface area contributed by atoms with Gasteiger partial charge in [0.25, 0.3) is 0 Å². The van der Waals surface area contributed by atoms with Crippen LogP contribution in [0, 0.1) is 0 Å². The summed E-state index contributed by atoms with van der Waals surface area (Å²) in [5.41, 5.74) is 8.67. The van der Waals surface area contributed by atoms with Crippen molar-refractivity contribution in [2.45, 2.75) is 19.9 Å². The van der Waals surface area contributed by atoms with Crippen LogP contribution in [0.1, 0.15) is 19.9 Å². The van der Waals surface area contributed by atoms with E-state index in [4.69, 9.17) is 22.3 Å². The smallest absolute Gasteiger partial charge is 0.153 e. The molecule has 0 spiro atoms. The second-order valence-corrected chi connectivity index (χ2v) is 6.04. The summed E-state index contributed by atoms with van der Waals surface area (Å²) in [5.74, 6) is 0.894. The van der Waals surface area contributed by atoms with E-state index >= 15 is 0 Å². The molecule has 3 aromatic rings. The largest absolute Gasteiger partial charge is 0.397 e. The van der Waals surface area contributed by atoms with Gasteiger partial charge in [-0.1, -0.05) is 17.7 Å². The van der Waals surface area contributed by atoms with Crippen molar-refractivity contribution in [2.75, 3.05) is 5.73 Å². The monoisotopic (exact) mass is 291 g/mol. The fourth-order valence-electron chi connectivity index (χ4n) is 2.27. The zero-order valence-corrected chi connectivity index (χ0v) is 12.3. The molecule has 19 heavy (non-hydrogen) atoms. The van der Waals surface area contributed by atoms with Crippen LogP contribution in [0.4, 0.5) is 5.69 Å². The van der Waals surface area contributed by atoms with Gasteiger partial charge in [-0.25, -0.2) is 4.98 Å². The highest BCUT2D eigenvalue weighted by atomic mass is 35.5. The zero-order chi connectivity index (χ0) is 13.6.